The number of amides is 1. The van der Waals surface area contributed by atoms with Gasteiger partial charge in [0, 0.05) is 12.1 Å². The molecule has 110 valence electrons. The highest BCUT2D eigenvalue weighted by Gasteiger charge is 2.13. The summed E-state index contributed by atoms with van der Waals surface area (Å²) in [5, 5.41) is 2.77. The van der Waals surface area contributed by atoms with Gasteiger partial charge in [-0.25, -0.2) is 4.79 Å². The SMILES string of the molecule is CCOC(=O)c1ccc(NC(=O)c2ccoc2CC)cc1. The minimum Gasteiger partial charge on any atom is -0.469 e. The fraction of sp³-hybridized carbons (Fsp3) is 0.250. The fourth-order valence-corrected chi connectivity index (χ4v) is 1.92. The normalized spacial score (nSPS) is 10.2. The Morgan fingerprint density at radius 2 is 1.86 bits per heavy atom. The first-order valence-corrected chi connectivity index (χ1v) is 6.80. The van der Waals surface area contributed by atoms with Crippen molar-refractivity contribution >= 4 is 17.6 Å². The lowest BCUT2D eigenvalue weighted by atomic mass is 10.1. The molecule has 21 heavy (non-hydrogen) atoms. The molecule has 0 bridgehead atoms. The zero-order valence-corrected chi connectivity index (χ0v) is 12.0. The predicted octanol–water partition coefficient (Wildman–Crippen LogP) is 3.27. The highest BCUT2D eigenvalue weighted by Crippen LogP contribution is 2.15. The van der Waals surface area contributed by atoms with Gasteiger partial charge in [0.25, 0.3) is 5.91 Å². The van der Waals surface area contributed by atoms with E-state index in [0.29, 0.717) is 35.6 Å². The van der Waals surface area contributed by atoms with Crippen molar-refractivity contribution in [3.05, 3.63) is 53.5 Å². The number of carbonyl (C=O) groups excluding carboxylic acids is 2. The van der Waals surface area contributed by atoms with Gasteiger partial charge in [-0.3, -0.25) is 4.79 Å². The molecule has 1 N–H and O–H groups in total. The van der Waals surface area contributed by atoms with Crippen LogP contribution in [0.2, 0.25) is 0 Å². The Kier molecular flexibility index (Phi) is 4.77. The largest absolute Gasteiger partial charge is 0.469 e. The van der Waals surface area contributed by atoms with E-state index >= 15 is 0 Å². The van der Waals surface area contributed by atoms with Crippen LogP contribution >= 0.6 is 0 Å². The van der Waals surface area contributed by atoms with Crippen LogP contribution < -0.4 is 5.32 Å². The van der Waals surface area contributed by atoms with E-state index in [4.69, 9.17) is 9.15 Å². The Balaban J connectivity index is 2.07. The predicted molar refractivity (Wildman–Crippen MR) is 78.4 cm³/mol. The Labute approximate surface area is 122 Å². The Morgan fingerprint density at radius 1 is 1.14 bits per heavy atom. The van der Waals surface area contributed by atoms with Crippen LogP contribution in [0.1, 0.15) is 40.3 Å². The number of furan rings is 1. The zero-order valence-electron chi connectivity index (χ0n) is 12.0. The van der Waals surface area contributed by atoms with Crippen molar-refractivity contribution in [3.63, 3.8) is 0 Å². The summed E-state index contributed by atoms with van der Waals surface area (Å²) in [7, 11) is 0. The van der Waals surface area contributed by atoms with Gasteiger partial charge in [0.05, 0.1) is 24.0 Å². The summed E-state index contributed by atoms with van der Waals surface area (Å²) in [4.78, 5) is 23.6. The molecule has 0 saturated heterocycles. The minimum atomic E-state index is -0.376. The molecule has 5 heteroatoms. The van der Waals surface area contributed by atoms with E-state index < -0.39 is 0 Å². The van der Waals surface area contributed by atoms with Gasteiger partial charge < -0.3 is 14.5 Å². The van der Waals surface area contributed by atoms with Crippen LogP contribution in [-0.2, 0) is 11.2 Å². The van der Waals surface area contributed by atoms with Crippen molar-refractivity contribution in [3.8, 4) is 0 Å². The molecule has 1 aromatic heterocycles. The molecule has 5 nitrogen and oxygen atoms in total. The smallest absolute Gasteiger partial charge is 0.338 e. The average molecular weight is 287 g/mol. The summed E-state index contributed by atoms with van der Waals surface area (Å²) in [5.41, 5.74) is 1.58. The van der Waals surface area contributed by atoms with Crippen LogP contribution in [0, 0.1) is 0 Å². The van der Waals surface area contributed by atoms with Crippen molar-refractivity contribution in [2.45, 2.75) is 20.3 Å². The van der Waals surface area contributed by atoms with Gasteiger partial charge in [-0.15, -0.1) is 0 Å². The second-order valence-corrected chi connectivity index (χ2v) is 4.36. The second kappa shape index (κ2) is 6.74. The Bertz CT molecular complexity index is 628. The van der Waals surface area contributed by atoms with Crippen LogP contribution in [-0.4, -0.2) is 18.5 Å². The van der Waals surface area contributed by atoms with E-state index in [0.717, 1.165) is 0 Å². The first-order valence-electron chi connectivity index (χ1n) is 6.80. The van der Waals surface area contributed by atoms with Crippen molar-refractivity contribution in [1.29, 1.82) is 0 Å². The molecule has 0 unspecified atom stereocenters. The lowest BCUT2D eigenvalue weighted by Crippen LogP contribution is -2.13. The summed E-state index contributed by atoms with van der Waals surface area (Å²) >= 11 is 0. The molecule has 1 amide bonds. The molecular weight excluding hydrogens is 270 g/mol. The van der Waals surface area contributed by atoms with Gasteiger partial charge in [-0.2, -0.15) is 0 Å². The van der Waals surface area contributed by atoms with Crippen LogP contribution in [0.5, 0.6) is 0 Å². The molecule has 0 aliphatic heterocycles. The summed E-state index contributed by atoms with van der Waals surface area (Å²) < 4.78 is 10.1. The van der Waals surface area contributed by atoms with Crippen molar-refractivity contribution in [2.24, 2.45) is 0 Å². The van der Waals surface area contributed by atoms with Gasteiger partial charge in [0.15, 0.2) is 0 Å². The number of esters is 1. The highest BCUT2D eigenvalue weighted by atomic mass is 16.5. The fourth-order valence-electron chi connectivity index (χ4n) is 1.92. The lowest BCUT2D eigenvalue weighted by Gasteiger charge is -2.06. The van der Waals surface area contributed by atoms with Gasteiger partial charge in [0.2, 0.25) is 0 Å². The molecule has 1 aromatic carbocycles. The minimum absolute atomic E-state index is 0.232. The second-order valence-electron chi connectivity index (χ2n) is 4.36. The number of anilines is 1. The van der Waals surface area contributed by atoms with E-state index in [1.165, 1.54) is 6.26 Å². The quantitative estimate of drug-likeness (QED) is 0.857. The number of nitrogens with one attached hydrogen (secondary N) is 1. The standard InChI is InChI=1S/C16H17NO4/c1-3-14-13(9-10-21-14)15(18)17-12-7-5-11(6-8-12)16(19)20-4-2/h5-10H,3-4H2,1-2H3,(H,17,18). The monoisotopic (exact) mass is 287 g/mol. The summed E-state index contributed by atoms with van der Waals surface area (Å²) in [6.45, 7) is 4.00. The van der Waals surface area contributed by atoms with Crippen molar-refractivity contribution in [1.82, 2.24) is 0 Å². The van der Waals surface area contributed by atoms with Crippen LogP contribution in [0.3, 0.4) is 0 Å². The molecule has 1 heterocycles. The number of ether oxygens (including phenoxy) is 1. The summed E-state index contributed by atoms with van der Waals surface area (Å²) in [6, 6.07) is 8.19. The number of carbonyl (C=O) groups is 2. The molecule has 0 fully saturated rings. The topological polar surface area (TPSA) is 68.5 Å². The molecule has 0 radical (unpaired) electrons. The average Bonchev–Trinajstić information content (AvgIpc) is 2.97. The third kappa shape index (κ3) is 3.51. The van der Waals surface area contributed by atoms with Gasteiger partial charge in [-0.05, 0) is 37.3 Å². The Morgan fingerprint density at radius 3 is 2.48 bits per heavy atom. The molecular formula is C16H17NO4. The number of hydrogen-bond donors (Lipinski definition) is 1. The summed E-state index contributed by atoms with van der Waals surface area (Å²) in [6.07, 6.45) is 2.15. The zero-order chi connectivity index (χ0) is 15.2. The number of rotatable bonds is 5. The van der Waals surface area contributed by atoms with Gasteiger partial charge in [-0.1, -0.05) is 6.92 Å². The first kappa shape index (κ1) is 14.8. The maximum Gasteiger partial charge on any atom is 0.338 e. The first-order chi connectivity index (χ1) is 10.2. The van der Waals surface area contributed by atoms with Crippen molar-refractivity contribution in [2.75, 3.05) is 11.9 Å². The highest BCUT2D eigenvalue weighted by molar-refractivity contribution is 6.05. The lowest BCUT2D eigenvalue weighted by molar-refractivity contribution is 0.0526. The molecule has 0 aliphatic rings. The molecule has 2 aromatic rings. The number of hydrogen-bond acceptors (Lipinski definition) is 4. The van der Waals surface area contributed by atoms with E-state index in [9.17, 15) is 9.59 Å². The van der Waals surface area contributed by atoms with Crippen molar-refractivity contribution < 1.29 is 18.7 Å². The van der Waals surface area contributed by atoms with E-state index in [1.54, 1.807) is 37.3 Å². The Hall–Kier alpha value is -2.56. The van der Waals surface area contributed by atoms with Crippen LogP contribution in [0.15, 0.2) is 41.0 Å². The number of benzene rings is 1. The molecule has 0 spiro atoms. The van der Waals surface area contributed by atoms with Gasteiger partial charge >= 0.3 is 5.97 Å². The molecule has 0 aliphatic carbocycles. The van der Waals surface area contributed by atoms with Crippen LogP contribution in [0.4, 0.5) is 5.69 Å². The molecule has 2 rings (SSSR count). The maximum absolute atomic E-state index is 12.1. The van der Waals surface area contributed by atoms with E-state index in [2.05, 4.69) is 5.32 Å². The maximum atomic E-state index is 12.1. The van der Waals surface area contributed by atoms with E-state index in [1.807, 2.05) is 6.92 Å². The molecule has 0 atom stereocenters. The third-order valence-electron chi connectivity index (χ3n) is 2.97. The van der Waals surface area contributed by atoms with Crippen LogP contribution in [0.25, 0.3) is 0 Å². The number of aryl methyl sites for hydroxylation is 1. The van der Waals surface area contributed by atoms with E-state index in [-0.39, 0.29) is 11.9 Å². The molecule has 0 saturated carbocycles. The van der Waals surface area contributed by atoms with Gasteiger partial charge in [0.1, 0.15) is 5.76 Å². The summed E-state index contributed by atoms with van der Waals surface area (Å²) in [5.74, 6) is 0.0404. The third-order valence-corrected chi connectivity index (χ3v) is 2.97.